The Bertz CT molecular complexity index is 1200. The SMILES string of the molecule is COc1ccc2c(c1)NC1(CCN(S(=O)(=O)c3ccc(F)cc3)CC1)c1cccn1-2. The number of hydrogen-bond donors (Lipinski definition) is 1. The van der Waals surface area contributed by atoms with Gasteiger partial charge < -0.3 is 14.6 Å². The van der Waals surface area contributed by atoms with Crippen LogP contribution in [0.5, 0.6) is 5.75 Å². The molecule has 0 unspecified atom stereocenters. The predicted molar refractivity (Wildman–Crippen MR) is 112 cm³/mol. The van der Waals surface area contributed by atoms with E-state index >= 15 is 0 Å². The van der Waals surface area contributed by atoms with Crippen molar-refractivity contribution in [1.29, 1.82) is 0 Å². The molecule has 3 aromatic rings. The number of anilines is 1. The Kier molecular flexibility index (Phi) is 4.37. The number of piperidine rings is 1. The Hall–Kier alpha value is -2.84. The quantitative estimate of drug-likeness (QED) is 0.692. The highest BCUT2D eigenvalue weighted by Crippen LogP contribution is 2.44. The summed E-state index contributed by atoms with van der Waals surface area (Å²) in [6, 6.07) is 15.0. The number of nitrogens with one attached hydrogen (secondary N) is 1. The van der Waals surface area contributed by atoms with Crippen LogP contribution in [0.15, 0.2) is 65.7 Å². The van der Waals surface area contributed by atoms with Crippen LogP contribution in [-0.4, -0.2) is 37.5 Å². The van der Waals surface area contributed by atoms with Gasteiger partial charge in [0.25, 0.3) is 0 Å². The third kappa shape index (κ3) is 2.90. The molecule has 2 aromatic carbocycles. The lowest BCUT2D eigenvalue weighted by molar-refractivity contribution is 0.247. The fourth-order valence-electron chi connectivity index (χ4n) is 4.50. The van der Waals surface area contributed by atoms with Crippen LogP contribution < -0.4 is 10.1 Å². The molecule has 0 bridgehead atoms. The van der Waals surface area contributed by atoms with Gasteiger partial charge in [0, 0.05) is 31.0 Å². The molecule has 3 heterocycles. The van der Waals surface area contributed by atoms with E-state index in [0.29, 0.717) is 25.9 Å². The van der Waals surface area contributed by atoms with Crippen LogP contribution in [0.3, 0.4) is 0 Å². The zero-order valence-electron chi connectivity index (χ0n) is 16.5. The molecule has 1 aromatic heterocycles. The fraction of sp³-hybridized carbons (Fsp3) is 0.273. The van der Waals surface area contributed by atoms with Crippen LogP contribution in [0.2, 0.25) is 0 Å². The molecule has 2 aliphatic heterocycles. The number of nitrogens with zero attached hydrogens (tertiary/aromatic N) is 2. The third-order valence-corrected chi connectivity index (χ3v) is 8.02. The number of hydrogen-bond acceptors (Lipinski definition) is 4. The van der Waals surface area contributed by atoms with E-state index in [4.69, 9.17) is 4.74 Å². The first kappa shape index (κ1) is 19.1. The third-order valence-electron chi connectivity index (χ3n) is 6.10. The van der Waals surface area contributed by atoms with Crippen molar-refractivity contribution in [3.05, 3.63) is 72.3 Å². The molecule has 0 amide bonds. The monoisotopic (exact) mass is 427 g/mol. The first-order chi connectivity index (χ1) is 14.4. The van der Waals surface area contributed by atoms with Crippen molar-refractivity contribution < 1.29 is 17.5 Å². The molecule has 1 saturated heterocycles. The summed E-state index contributed by atoms with van der Waals surface area (Å²) >= 11 is 0. The molecule has 0 aliphatic carbocycles. The number of benzene rings is 2. The summed E-state index contributed by atoms with van der Waals surface area (Å²) in [6.45, 7) is 0.744. The van der Waals surface area contributed by atoms with Gasteiger partial charge in [-0.3, -0.25) is 0 Å². The highest BCUT2D eigenvalue weighted by molar-refractivity contribution is 7.89. The van der Waals surface area contributed by atoms with Gasteiger partial charge in [-0.1, -0.05) is 0 Å². The van der Waals surface area contributed by atoms with Crippen LogP contribution in [0, 0.1) is 5.82 Å². The topological polar surface area (TPSA) is 63.6 Å². The van der Waals surface area contributed by atoms with Gasteiger partial charge in [-0.25, -0.2) is 12.8 Å². The number of methoxy groups -OCH3 is 1. The average Bonchev–Trinajstić information content (AvgIpc) is 3.25. The molecule has 8 heteroatoms. The van der Waals surface area contributed by atoms with E-state index in [9.17, 15) is 12.8 Å². The second-order valence-electron chi connectivity index (χ2n) is 7.71. The van der Waals surface area contributed by atoms with Crippen molar-refractivity contribution in [3.63, 3.8) is 0 Å². The standard InChI is InChI=1S/C22H22FN3O3S/c1-29-17-6-9-20-19(15-17)24-22(21-3-2-12-26(20)21)10-13-25(14-11-22)30(27,28)18-7-4-16(23)5-8-18/h2-9,12,15,24H,10-11,13-14H2,1H3. The van der Waals surface area contributed by atoms with Gasteiger partial charge in [0.1, 0.15) is 11.6 Å². The maximum Gasteiger partial charge on any atom is 0.243 e. The zero-order chi connectivity index (χ0) is 20.9. The van der Waals surface area contributed by atoms with Crippen molar-refractivity contribution in [2.75, 3.05) is 25.5 Å². The van der Waals surface area contributed by atoms with Gasteiger partial charge in [0.2, 0.25) is 10.0 Å². The first-order valence-corrected chi connectivity index (χ1v) is 11.3. The van der Waals surface area contributed by atoms with E-state index in [2.05, 4.69) is 16.0 Å². The number of fused-ring (bicyclic) bond motifs is 4. The van der Waals surface area contributed by atoms with E-state index in [1.165, 1.54) is 28.6 Å². The van der Waals surface area contributed by atoms with E-state index in [1.807, 2.05) is 30.5 Å². The van der Waals surface area contributed by atoms with E-state index in [0.717, 1.165) is 22.8 Å². The number of sulfonamides is 1. The summed E-state index contributed by atoms with van der Waals surface area (Å²) in [4.78, 5) is 0.120. The number of ether oxygens (including phenoxy) is 1. The fourth-order valence-corrected chi connectivity index (χ4v) is 5.94. The average molecular weight is 428 g/mol. The first-order valence-electron chi connectivity index (χ1n) is 9.83. The van der Waals surface area contributed by atoms with Gasteiger partial charge in [0.15, 0.2) is 0 Å². The Morgan fingerprint density at radius 3 is 2.50 bits per heavy atom. The van der Waals surface area contributed by atoms with Crippen molar-refractivity contribution in [2.45, 2.75) is 23.3 Å². The molecule has 0 saturated carbocycles. The molecular formula is C22H22FN3O3S. The zero-order valence-corrected chi connectivity index (χ0v) is 17.3. The second kappa shape index (κ2) is 6.85. The largest absolute Gasteiger partial charge is 0.497 e. The van der Waals surface area contributed by atoms with Gasteiger partial charge in [-0.15, -0.1) is 0 Å². The van der Waals surface area contributed by atoms with Crippen LogP contribution in [-0.2, 0) is 15.6 Å². The smallest absolute Gasteiger partial charge is 0.243 e. The van der Waals surface area contributed by atoms with E-state index in [1.54, 1.807) is 7.11 Å². The number of aromatic nitrogens is 1. The van der Waals surface area contributed by atoms with Crippen molar-refractivity contribution in [2.24, 2.45) is 0 Å². The molecular weight excluding hydrogens is 405 g/mol. The van der Waals surface area contributed by atoms with Crippen molar-refractivity contribution in [1.82, 2.24) is 8.87 Å². The van der Waals surface area contributed by atoms with Crippen molar-refractivity contribution in [3.8, 4) is 11.4 Å². The lowest BCUT2D eigenvalue weighted by Gasteiger charge is -2.46. The molecule has 0 atom stereocenters. The van der Waals surface area contributed by atoms with Crippen LogP contribution in [0.25, 0.3) is 5.69 Å². The Balaban J connectivity index is 1.45. The molecule has 1 fully saturated rings. The lowest BCUT2D eigenvalue weighted by Crippen LogP contribution is -2.50. The second-order valence-corrected chi connectivity index (χ2v) is 9.65. The van der Waals surface area contributed by atoms with Crippen molar-refractivity contribution >= 4 is 15.7 Å². The molecule has 1 spiro atoms. The minimum Gasteiger partial charge on any atom is -0.497 e. The Morgan fingerprint density at radius 1 is 1.07 bits per heavy atom. The van der Waals surface area contributed by atoms with Gasteiger partial charge >= 0.3 is 0 Å². The summed E-state index contributed by atoms with van der Waals surface area (Å²) in [5, 5.41) is 3.68. The van der Waals surface area contributed by atoms with E-state index in [-0.39, 0.29) is 10.4 Å². The maximum absolute atomic E-state index is 13.2. The van der Waals surface area contributed by atoms with Gasteiger partial charge in [-0.2, -0.15) is 4.31 Å². The molecule has 156 valence electrons. The minimum absolute atomic E-state index is 0.120. The molecule has 2 aliphatic rings. The molecule has 6 nitrogen and oxygen atoms in total. The Labute approximate surface area is 174 Å². The molecule has 5 rings (SSSR count). The summed E-state index contributed by atoms with van der Waals surface area (Å²) in [7, 11) is -2.02. The predicted octanol–water partition coefficient (Wildman–Crippen LogP) is 3.73. The van der Waals surface area contributed by atoms with Crippen LogP contribution in [0.1, 0.15) is 18.5 Å². The number of halogens is 1. The van der Waals surface area contributed by atoms with Crippen LogP contribution >= 0.6 is 0 Å². The lowest BCUT2D eigenvalue weighted by atomic mass is 9.83. The summed E-state index contributed by atoms with van der Waals surface area (Å²) in [5.41, 5.74) is 2.77. The summed E-state index contributed by atoms with van der Waals surface area (Å²) in [5.74, 6) is 0.316. The van der Waals surface area contributed by atoms with E-state index < -0.39 is 15.8 Å². The summed E-state index contributed by atoms with van der Waals surface area (Å²) < 4.78 is 48.3. The van der Waals surface area contributed by atoms with Gasteiger partial charge in [-0.05, 0) is 61.4 Å². The molecule has 0 radical (unpaired) electrons. The molecule has 30 heavy (non-hydrogen) atoms. The Morgan fingerprint density at radius 2 is 1.80 bits per heavy atom. The highest BCUT2D eigenvalue weighted by Gasteiger charge is 2.43. The normalized spacial score (nSPS) is 17.8. The summed E-state index contributed by atoms with van der Waals surface area (Å²) in [6.07, 6.45) is 3.27. The number of rotatable bonds is 3. The molecule has 1 N–H and O–H groups in total. The van der Waals surface area contributed by atoms with Crippen LogP contribution in [0.4, 0.5) is 10.1 Å². The highest BCUT2D eigenvalue weighted by atomic mass is 32.2. The minimum atomic E-state index is -3.66. The maximum atomic E-state index is 13.2. The van der Waals surface area contributed by atoms with Gasteiger partial charge in [0.05, 0.1) is 28.9 Å².